The van der Waals surface area contributed by atoms with E-state index in [1.54, 1.807) is 0 Å². The highest BCUT2D eigenvalue weighted by atomic mass is 79.9. The van der Waals surface area contributed by atoms with E-state index in [1.165, 1.54) is 22.7 Å². The summed E-state index contributed by atoms with van der Waals surface area (Å²) in [6.45, 7) is 6.67. The maximum atomic E-state index is 4.30. The summed E-state index contributed by atoms with van der Waals surface area (Å²) in [5.41, 5.74) is 0.397. The molecule has 0 radical (unpaired) electrons. The van der Waals surface area contributed by atoms with Crippen LogP contribution in [0, 0.1) is 12.3 Å². The molecule has 0 spiro atoms. The lowest BCUT2D eigenvalue weighted by Gasteiger charge is -2.25. The van der Waals surface area contributed by atoms with E-state index >= 15 is 0 Å². The molecule has 80 valence electrons. The molecule has 0 aliphatic rings. The van der Waals surface area contributed by atoms with Gasteiger partial charge in [-0.15, -0.1) is 11.3 Å². The van der Waals surface area contributed by atoms with Crippen molar-refractivity contribution in [3.8, 4) is 0 Å². The molecule has 0 amide bonds. The predicted octanol–water partition coefficient (Wildman–Crippen LogP) is 4.20. The van der Waals surface area contributed by atoms with Crippen LogP contribution in [0.5, 0.6) is 0 Å². The molecule has 0 saturated heterocycles. The van der Waals surface area contributed by atoms with E-state index in [2.05, 4.69) is 41.7 Å². The van der Waals surface area contributed by atoms with Gasteiger partial charge in [-0.05, 0) is 25.2 Å². The van der Waals surface area contributed by atoms with Crippen LogP contribution in [0.2, 0.25) is 0 Å². The molecule has 0 fully saturated rings. The molecule has 0 N–H and O–H groups in total. The number of alkyl halides is 1. The maximum Gasteiger partial charge on any atom is 0.0896 e. The van der Waals surface area contributed by atoms with Crippen molar-refractivity contribution >= 4 is 27.3 Å². The third-order valence-electron chi connectivity index (χ3n) is 2.45. The maximum absolute atomic E-state index is 4.30. The molecular weight excluding hydrogens is 258 g/mol. The van der Waals surface area contributed by atoms with Crippen LogP contribution in [-0.4, -0.2) is 10.3 Å². The number of hydrogen-bond acceptors (Lipinski definition) is 2. The first-order valence-corrected chi connectivity index (χ1v) is 7.01. The Bertz CT molecular complexity index is 285. The SMILES string of the molecule is CCCC(C)(CBr)Cc1cnc(C)s1. The summed E-state index contributed by atoms with van der Waals surface area (Å²) in [6.07, 6.45) is 5.70. The molecule has 1 aromatic rings. The van der Waals surface area contributed by atoms with Gasteiger partial charge in [0, 0.05) is 16.4 Å². The highest BCUT2D eigenvalue weighted by Gasteiger charge is 2.23. The quantitative estimate of drug-likeness (QED) is 0.735. The Hall–Kier alpha value is 0.110. The van der Waals surface area contributed by atoms with E-state index < -0.39 is 0 Å². The van der Waals surface area contributed by atoms with Crippen LogP contribution in [0.3, 0.4) is 0 Å². The van der Waals surface area contributed by atoms with E-state index in [1.807, 2.05) is 17.5 Å². The zero-order valence-electron chi connectivity index (χ0n) is 9.14. The Morgan fingerprint density at radius 2 is 2.29 bits per heavy atom. The fourth-order valence-corrected chi connectivity index (χ4v) is 3.20. The summed E-state index contributed by atoms with van der Waals surface area (Å²) in [7, 11) is 0. The standard InChI is InChI=1S/C11H18BrNS/c1-4-5-11(3,8-12)6-10-7-13-9(2)14-10/h7H,4-6,8H2,1-3H3. The number of rotatable bonds is 5. The van der Waals surface area contributed by atoms with Crippen LogP contribution in [0.1, 0.15) is 36.6 Å². The Labute approximate surface area is 99.1 Å². The molecule has 0 bridgehead atoms. The highest BCUT2D eigenvalue weighted by Crippen LogP contribution is 2.31. The van der Waals surface area contributed by atoms with Gasteiger partial charge in [-0.3, -0.25) is 0 Å². The third kappa shape index (κ3) is 3.35. The van der Waals surface area contributed by atoms with E-state index in [0.717, 1.165) is 11.8 Å². The smallest absolute Gasteiger partial charge is 0.0896 e. The lowest BCUT2D eigenvalue weighted by Crippen LogP contribution is -2.20. The predicted molar refractivity (Wildman–Crippen MR) is 67.4 cm³/mol. The van der Waals surface area contributed by atoms with Crippen molar-refractivity contribution in [3.05, 3.63) is 16.1 Å². The lowest BCUT2D eigenvalue weighted by molar-refractivity contribution is 0.342. The molecule has 0 aromatic carbocycles. The molecule has 1 heterocycles. The lowest BCUT2D eigenvalue weighted by atomic mass is 9.84. The summed E-state index contributed by atoms with van der Waals surface area (Å²) < 4.78 is 0. The number of hydrogen-bond donors (Lipinski definition) is 0. The molecule has 0 aliphatic heterocycles. The van der Waals surface area contributed by atoms with E-state index in [-0.39, 0.29) is 0 Å². The Morgan fingerprint density at radius 1 is 1.57 bits per heavy atom. The van der Waals surface area contributed by atoms with Gasteiger partial charge in [0.15, 0.2) is 0 Å². The second-order valence-electron chi connectivity index (χ2n) is 4.22. The van der Waals surface area contributed by atoms with Crippen molar-refractivity contribution in [1.29, 1.82) is 0 Å². The monoisotopic (exact) mass is 275 g/mol. The number of thiazole rings is 1. The van der Waals surface area contributed by atoms with Gasteiger partial charge >= 0.3 is 0 Å². The van der Waals surface area contributed by atoms with Crippen molar-refractivity contribution in [1.82, 2.24) is 4.98 Å². The van der Waals surface area contributed by atoms with Crippen LogP contribution in [-0.2, 0) is 6.42 Å². The zero-order valence-corrected chi connectivity index (χ0v) is 11.5. The van der Waals surface area contributed by atoms with Crippen LogP contribution < -0.4 is 0 Å². The molecule has 0 aliphatic carbocycles. The first kappa shape index (κ1) is 12.2. The molecule has 1 rings (SSSR count). The van der Waals surface area contributed by atoms with E-state index in [4.69, 9.17) is 0 Å². The molecule has 3 heteroatoms. The molecule has 1 atom stereocenters. The van der Waals surface area contributed by atoms with Gasteiger partial charge in [-0.25, -0.2) is 4.98 Å². The average molecular weight is 276 g/mol. The van der Waals surface area contributed by atoms with Crippen molar-refractivity contribution in [2.24, 2.45) is 5.41 Å². The van der Waals surface area contributed by atoms with Gasteiger partial charge < -0.3 is 0 Å². The van der Waals surface area contributed by atoms with Gasteiger partial charge in [0.2, 0.25) is 0 Å². The van der Waals surface area contributed by atoms with Crippen molar-refractivity contribution < 1.29 is 0 Å². The first-order valence-electron chi connectivity index (χ1n) is 5.07. The van der Waals surface area contributed by atoms with Gasteiger partial charge in [-0.1, -0.05) is 36.2 Å². The minimum Gasteiger partial charge on any atom is -0.250 e. The average Bonchev–Trinajstić information content (AvgIpc) is 2.51. The van der Waals surface area contributed by atoms with Gasteiger partial charge in [0.1, 0.15) is 0 Å². The summed E-state index contributed by atoms with van der Waals surface area (Å²) in [5.74, 6) is 0. The summed E-state index contributed by atoms with van der Waals surface area (Å²) in [5, 5.41) is 2.25. The topological polar surface area (TPSA) is 12.9 Å². The molecule has 1 unspecified atom stereocenters. The second kappa shape index (κ2) is 5.26. The zero-order chi connectivity index (χ0) is 10.6. The molecular formula is C11H18BrNS. The first-order chi connectivity index (χ1) is 6.59. The third-order valence-corrected chi connectivity index (χ3v) is 4.71. The normalized spacial score (nSPS) is 15.4. The number of halogens is 1. The fourth-order valence-electron chi connectivity index (χ4n) is 1.71. The van der Waals surface area contributed by atoms with E-state index in [9.17, 15) is 0 Å². The highest BCUT2D eigenvalue weighted by molar-refractivity contribution is 9.09. The summed E-state index contributed by atoms with van der Waals surface area (Å²) >= 11 is 5.45. The van der Waals surface area contributed by atoms with E-state index in [0.29, 0.717) is 5.41 Å². The van der Waals surface area contributed by atoms with Gasteiger partial charge in [0.05, 0.1) is 5.01 Å². The molecule has 1 aromatic heterocycles. The summed E-state index contributed by atoms with van der Waals surface area (Å²) in [6, 6.07) is 0. The minimum absolute atomic E-state index is 0.397. The van der Waals surface area contributed by atoms with Crippen LogP contribution in [0.15, 0.2) is 6.20 Å². The van der Waals surface area contributed by atoms with Crippen LogP contribution in [0.25, 0.3) is 0 Å². The van der Waals surface area contributed by atoms with Crippen LogP contribution in [0.4, 0.5) is 0 Å². The number of nitrogens with zero attached hydrogens (tertiary/aromatic N) is 1. The largest absolute Gasteiger partial charge is 0.250 e. The molecule has 14 heavy (non-hydrogen) atoms. The summed E-state index contributed by atoms with van der Waals surface area (Å²) in [4.78, 5) is 5.71. The fraction of sp³-hybridized carbons (Fsp3) is 0.727. The van der Waals surface area contributed by atoms with Gasteiger partial charge in [-0.2, -0.15) is 0 Å². The molecule has 1 nitrogen and oxygen atoms in total. The van der Waals surface area contributed by atoms with Crippen molar-refractivity contribution in [2.75, 3.05) is 5.33 Å². The second-order valence-corrected chi connectivity index (χ2v) is 6.10. The Morgan fingerprint density at radius 3 is 2.71 bits per heavy atom. The number of aromatic nitrogens is 1. The Kier molecular flexibility index (Phi) is 4.58. The van der Waals surface area contributed by atoms with Gasteiger partial charge in [0.25, 0.3) is 0 Å². The minimum atomic E-state index is 0.397. The number of aryl methyl sites for hydroxylation is 1. The van der Waals surface area contributed by atoms with Crippen molar-refractivity contribution in [3.63, 3.8) is 0 Å². The van der Waals surface area contributed by atoms with Crippen molar-refractivity contribution in [2.45, 2.75) is 40.0 Å². The Balaban J connectivity index is 2.64. The van der Waals surface area contributed by atoms with Crippen LogP contribution >= 0.6 is 27.3 Å². The molecule has 0 saturated carbocycles.